The maximum absolute atomic E-state index is 5.80. The highest BCUT2D eigenvalue weighted by Crippen LogP contribution is 2.45. The van der Waals surface area contributed by atoms with Gasteiger partial charge in [-0.05, 0) is 43.9 Å². The van der Waals surface area contributed by atoms with Gasteiger partial charge in [-0.25, -0.2) is 0 Å². The van der Waals surface area contributed by atoms with Crippen molar-refractivity contribution in [2.45, 2.75) is 69.2 Å². The third-order valence-electron chi connectivity index (χ3n) is 5.75. The van der Waals surface area contributed by atoms with Crippen molar-refractivity contribution in [3.05, 3.63) is 0 Å². The Morgan fingerprint density at radius 3 is 2.28 bits per heavy atom. The van der Waals surface area contributed by atoms with Crippen molar-refractivity contribution in [2.24, 2.45) is 11.8 Å². The second-order valence-electron chi connectivity index (χ2n) is 6.83. The van der Waals surface area contributed by atoms with E-state index in [4.69, 9.17) is 9.47 Å². The molecule has 4 aliphatic rings. The molecule has 0 amide bonds. The first-order valence-electron chi connectivity index (χ1n) is 7.87. The van der Waals surface area contributed by atoms with Gasteiger partial charge >= 0.3 is 0 Å². The number of fused-ring (bicyclic) bond motifs is 2. The van der Waals surface area contributed by atoms with Crippen molar-refractivity contribution in [3.8, 4) is 0 Å². The van der Waals surface area contributed by atoms with E-state index >= 15 is 0 Å². The van der Waals surface area contributed by atoms with Crippen molar-refractivity contribution in [1.29, 1.82) is 0 Å². The molecule has 4 fully saturated rings. The zero-order valence-corrected chi connectivity index (χ0v) is 11.2. The van der Waals surface area contributed by atoms with Gasteiger partial charge in [0, 0.05) is 24.9 Å². The molecule has 2 bridgehead atoms. The largest absolute Gasteiger partial charge is 0.348 e. The lowest BCUT2D eigenvalue weighted by atomic mass is 9.87. The molecule has 1 aliphatic heterocycles. The summed E-state index contributed by atoms with van der Waals surface area (Å²) >= 11 is 0. The zero-order valence-electron chi connectivity index (χ0n) is 11.2. The molecule has 1 N–H and O–H groups in total. The minimum absolute atomic E-state index is 0.188. The fourth-order valence-electron chi connectivity index (χ4n) is 4.76. The van der Waals surface area contributed by atoms with Crippen LogP contribution in [0.4, 0.5) is 0 Å². The van der Waals surface area contributed by atoms with Gasteiger partial charge in [0.15, 0.2) is 5.79 Å². The maximum Gasteiger partial charge on any atom is 0.168 e. The normalized spacial score (nSPS) is 43.0. The maximum atomic E-state index is 5.80. The Bertz CT molecular complexity index is 304. The smallest absolute Gasteiger partial charge is 0.168 e. The van der Waals surface area contributed by atoms with Gasteiger partial charge in [0.05, 0.1) is 13.2 Å². The van der Waals surface area contributed by atoms with Gasteiger partial charge in [0.25, 0.3) is 0 Å². The minimum atomic E-state index is -0.188. The molecule has 18 heavy (non-hydrogen) atoms. The van der Waals surface area contributed by atoms with Crippen molar-refractivity contribution in [2.75, 3.05) is 13.2 Å². The first-order chi connectivity index (χ1) is 8.83. The van der Waals surface area contributed by atoms with Crippen LogP contribution >= 0.6 is 0 Å². The third-order valence-corrected chi connectivity index (χ3v) is 5.75. The van der Waals surface area contributed by atoms with E-state index in [0.717, 1.165) is 43.9 Å². The molecule has 0 aromatic carbocycles. The highest BCUT2D eigenvalue weighted by Gasteiger charge is 2.43. The Kier molecular flexibility index (Phi) is 2.90. The molecule has 0 aromatic heterocycles. The van der Waals surface area contributed by atoms with E-state index in [1.807, 2.05) is 0 Å². The summed E-state index contributed by atoms with van der Waals surface area (Å²) in [6.07, 6.45) is 10.6. The van der Waals surface area contributed by atoms with Crippen molar-refractivity contribution in [1.82, 2.24) is 5.32 Å². The van der Waals surface area contributed by atoms with Crippen molar-refractivity contribution in [3.63, 3.8) is 0 Å². The number of rotatable bonds is 2. The lowest BCUT2D eigenvalue weighted by Gasteiger charge is -2.38. The first kappa shape index (κ1) is 11.7. The molecule has 102 valence electrons. The van der Waals surface area contributed by atoms with E-state index in [0.29, 0.717) is 6.04 Å². The van der Waals surface area contributed by atoms with Crippen LogP contribution in [0, 0.1) is 11.8 Å². The molecule has 3 unspecified atom stereocenters. The fraction of sp³-hybridized carbons (Fsp3) is 1.00. The minimum Gasteiger partial charge on any atom is -0.348 e. The summed E-state index contributed by atoms with van der Waals surface area (Å²) in [4.78, 5) is 0. The van der Waals surface area contributed by atoms with E-state index in [9.17, 15) is 0 Å². The number of hydrogen-bond donors (Lipinski definition) is 1. The molecule has 3 heteroatoms. The Hall–Kier alpha value is -0.120. The van der Waals surface area contributed by atoms with Crippen molar-refractivity contribution < 1.29 is 9.47 Å². The predicted octanol–water partition coefficient (Wildman–Crippen LogP) is 2.45. The Morgan fingerprint density at radius 2 is 1.67 bits per heavy atom. The van der Waals surface area contributed by atoms with Crippen LogP contribution in [0.5, 0.6) is 0 Å². The molecule has 4 rings (SSSR count). The summed E-state index contributed by atoms with van der Waals surface area (Å²) in [6, 6.07) is 1.54. The molecular weight excluding hydrogens is 226 g/mol. The molecular formula is C15H25NO2. The summed E-state index contributed by atoms with van der Waals surface area (Å²) in [6.45, 7) is 1.59. The van der Waals surface area contributed by atoms with Crippen LogP contribution in [0.25, 0.3) is 0 Å². The molecule has 3 nitrogen and oxygen atoms in total. The Morgan fingerprint density at radius 1 is 0.889 bits per heavy atom. The van der Waals surface area contributed by atoms with Crippen LogP contribution < -0.4 is 5.32 Å². The molecule has 3 atom stereocenters. The predicted molar refractivity (Wildman–Crippen MR) is 69.3 cm³/mol. The summed E-state index contributed by atoms with van der Waals surface area (Å²) in [5.74, 6) is 1.85. The summed E-state index contributed by atoms with van der Waals surface area (Å²) in [5, 5.41) is 3.94. The fourth-order valence-corrected chi connectivity index (χ4v) is 4.76. The van der Waals surface area contributed by atoms with E-state index in [1.54, 1.807) is 0 Å². The van der Waals surface area contributed by atoms with Gasteiger partial charge < -0.3 is 14.8 Å². The number of hydrogen-bond acceptors (Lipinski definition) is 3. The average molecular weight is 251 g/mol. The highest BCUT2D eigenvalue weighted by atomic mass is 16.7. The quantitative estimate of drug-likeness (QED) is 0.817. The topological polar surface area (TPSA) is 30.5 Å². The standard InChI is InChI=1S/C15H25NO2/c1-2-12-9-11(1)10-14(12)16-13-3-5-15(6-4-13)17-7-8-18-15/h11-14,16H,1-10H2. The van der Waals surface area contributed by atoms with Crippen LogP contribution in [0.1, 0.15) is 51.4 Å². The van der Waals surface area contributed by atoms with E-state index in [1.165, 1.54) is 38.5 Å². The molecule has 1 spiro atoms. The van der Waals surface area contributed by atoms with Crippen LogP contribution in [0.3, 0.4) is 0 Å². The highest BCUT2D eigenvalue weighted by molar-refractivity contribution is 4.96. The van der Waals surface area contributed by atoms with E-state index in [-0.39, 0.29) is 5.79 Å². The Labute approximate surface area is 110 Å². The summed E-state index contributed by atoms with van der Waals surface area (Å²) in [5.41, 5.74) is 0. The molecule has 3 saturated carbocycles. The number of ether oxygens (including phenoxy) is 2. The number of nitrogens with one attached hydrogen (secondary N) is 1. The van der Waals surface area contributed by atoms with Gasteiger partial charge in [-0.15, -0.1) is 0 Å². The molecule has 1 saturated heterocycles. The average Bonchev–Trinajstić information content (AvgIpc) is 3.09. The first-order valence-corrected chi connectivity index (χ1v) is 7.87. The second kappa shape index (κ2) is 4.46. The van der Waals surface area contributed by atoms with Gasteiger partial charge in [-0.3, -0.25) is 0 Å². The van der Waals surface area contributed by atoms with Crippen molar-refractivity contribution >= 4 is 0 Å². The second-order valence-corrected chi connectivity index (χ2v) is 6.83. The van der Waals surface area contributed by atoms with Crippen LogP contribution in [-0.2, 0) is 9.47 Å². The molecule has 0 radical (unpaired) electrons. The lowest BCUT2D eigenvalue weighted by Crippen LogP contribution is -2.46. The summed E-state index contributed by atoms with van der Waals surface area (Å²) < 4.78 is 11.6. The Balaban J connectivity index is 1.30. The van der Waals surface area contributed by atoms with Gasteiger partial charge in [0.1, 0.15) is 0 Å². The SMILES string of the molecule is C1COC2(CCC(NC3CC4CCC3C4)CC2)O1. The van der Waals surface area contributed by atoms with E-state index < -0.39 is 0 Å². The molecule has 3 aliphatic carbocycles. The zero-order chi connectivity index (χ0) is 12.0. The molecule has 1 heterocycles. The van der Waals surface area contributed by atoms with Crippen LogP contribution in [-0.4, -0.2) is 31.1 Å². The lowest BCUT2D eigenvalue weighted by molar-refractivity contribution is -0.179. The van der Waals surface area contributed by atoms with Gasteiger partial charge in [0.2, 0.25) is 0 Å². The van der Waals surface area contributed by atoms with Crippen LogP contribution in [0.15, 0.2) is 0 Å². The van der Waals surface area contributed by atoms with Crippen LogP contribution in [0.2, 0.25) is 0 Å². The summed E-state index contributed by atoms with van der Waals surface area (Å²) in [7, 11) is 0. The van der Waals surface area contributed by atoms with Gasteiger partial charge in [-0.1, -0.05) is 6.42 Å². The third kappa shape index (κ3) is 2.00. The van der Waals surface area contributed by atoms with Gasteiger partial charge in [-0.2, -0.15) is 0 Å². The molecule has 0 aromatic rings. The monoisotopic (exact) mass is 251 g/mol. The van der Waals surface area contributed by atoms with E-state index in [2.05, 4.69) is 5.32 Å².